The van der Waals surface area contributed by atoms with Crippen molar-refractivity contribution in [3.63, 3.8) is 0 Å². The lowest BCUT2D eigenvalue weighted by atomic mass is 10.2. The summed E-state index contributed by atoms with van der Waals surface area (Å²) in [7, 11) is 0. The number of carbonyl (C=O) groups is 3. The molecule has 0 aromatic rings. The quantitative estimate of drug-likeness (QED) is 0.305. The van der Waals surface area contributed by atoms with Gasteiger partial charge in [0, 0.05) is 5.57 Å². The summed E-state index contributed by atoms with van der Waals surface area (Å²) < 4.78 is 0. The van der Waals surface area contributed by atoms with Crippen molar-refractivity contribution >= 4 is 17.7 Å². The molecule has 0 saturated heterocycles. The summed E-state index contributed by atoms with van der Waals surface area (Å²) in [6.45, 7) is 4.65. The molecule has 5 nitrogen and oxygen atoms in total. The first kappa shape index (κ1) is 13.4. The van der Waals surface area contributed by atoms with E-state index in [1.807, 2.05) is 6.92 Å². The fourth-order valence-electron chi connectivity index (χ4n) is 0.772. The van der Waals surface area contributed by atoms with E-state index in [2.05, 4.69) is 9.78 Å². The second-order valence-electron chi connectivity index (χ2n) is 3.00. The zero-order valence-corrected chi connectivity index (χ0v) is 9.03. The largest absolute Gasteiger partial charge is 0.381 e. The van der Waals surface area contributed by atoms with E-state index in [-0.39, 0.29) is 5.78 Å². The molecule has 0 fully saturated rings. The van der Waals surface area contributed by atoms with Gasteiger partial charge >= 0.3 is 11.9 Å². The first-order valence-corrected chi connectivity index (χ1v) is 4.55. The predicted octanol–water partition coefficient (Wildman–Crippen LogP) is 1.32. The van der Waals surface area contributed by atoms with Crippen LogP contribution >= 0.6 is 0 Å². The maximum absolute atomic E-state index is 11.1. The second-order valence-corrected chi connectivity index (χ2v) is 3.00. The highest BCUT2D eigenvalue weighted by molar-refractivity contribution is 5.94. The first-order valence-electron chi connectivity index (χ1n) is 4.55. The van der Waals surface area contributed by atoms with Crippen LogP contribution in [0.5, 0.6) is 0 Å². The van der Waals surface area contributed by atoms with Gasteiger partial charge in [0.2, 0.25) is 0 Å². The maximum atomic E-state index is 11.1. The van der Waals surface area contributed by atoms with Crippen molar-refractivity contribution in [3.05, 3.63) is 11.6 Å². The Bertz CT molecular complexity index is 290. The van der Waals surface area contributed by atoms with E-state index in [0.717, 1.165) is 0 Å². The van der Waals surface area contributed by atoms with Crippen LogP contribution in [-0.2, 0) is 24.2 Å². The van der Waals surface area contributed by atoms with Crippen molar-refractivity contribution in [2.24, 2.45) is 0 Å². The minimum Gasteiger partial charge on any atom is -0.299 e. The molecule has 5 heteroatoms. The van der Waals surface area contributed by atoms with Gasteiger partial charge in [0.1, 0.15) is 12.2 Å². The molecule has 0 aromatic carbocycles. The summed E-state index contributed by atoms with van der Waals surface area (Å²) in [5.41, 5.74) is 0.355. The summed E-state index contributed by atoms with van der Waals surface area (Å²) in [6, 6.07) is 0. The lowest BCUT2D eigenvalue weighted by Crippen LogP contribution is -2.14. The highest BCUT2D eigenvalue weighted by Crippen LogP contribution is 2.00. The van der Waals surface area contributed by atoms with Gasteiger partial charge < -0.3 is 0 Å². The average molecular weight is 214 g/mol. The number of Topliss-reactive ketones (excluding diaryl/α,β-unsaturated/α-hetero) is 1. The predicted molar refractivity (Wildman–Crippen MR) is 51.5 cm³/mol. The monoisotopic (exact) mass is 214 g/mol. The molecule has 0 aliphatic rings. The third-order valence-electron chi connectivity index (χ3n) is 1.44. The van der Waals surface area contributed by atoms with E-state index in [9.17, 15) is 14.4 Å². The minimum atomic E-state index is -0.875. The SMILES string of the molecule is CCC=C(C)C(=O)OOC(=O)CC(C)=O. The molecule has 0 saturated carbocycles. The molecule has 0 aromatic heterocycles. The summed E-state index contributed by atoms with van der Waals surface area (Å²) in [5, 5.41) is 0. The van der Waals surface area contributed by atoms with Crippen LogP contribution in [-0.4, -0.2) is 17.7 Å². The number of hydrogen-bond acceptors (Lipinski definition) is 5. The van der Waals surface area contributed by atoms with E-state index >= 15 is 0 Å². The van der Waals surface area contributed by atoms with Gasteiger partial charge in [-0.05, 0) is 20.3 Å². The average Bonchev–Trinajstić information content (AvgIpc) is 2.13. The molecule has 0 N–H and O–H groups in total. The van der Waals surface area contributed by atoms with E-state index in [1.54, 1.807) is 13.0 Å². The fourth-order valence-corrected chi connectivity index (χ4v) is 0.772. The van der Waals surface area contributed by atoms with Crippen molar-refractivity contribution < 1.29 is 24.2 Å². The van der Waals surface area contributed by atoms with Gasteiger partial charge in [0.05, 0.1) is 0 Å². The van der Waals surface area contributed by atoms with Crippen molar-refractivity contribution in [2.75, 3.05) is 0 Å². The molecule has 0 radical (unpaired) electrons. The molecule has 0 aliphatic heterocycles. The van der Waals surface area contributed by atoms with Crippen LogP contribution in [0.25, 0.3) is 0 Å². The molecule has 0 bridgehead atoms. The zero-order chi connectivity index (χ0) is 11.8. The molecule has 15 heavy (non-hydrogen) atoms. The maximum Gasteiger partial charge on any atom is 0.381 e. The zero-order valence-electron chi connectivity index (χ0n) is 9.03. The Hall–Kier alpha value is -1.65. The van der Waals surface area contributed by atoms with Gasteiger partial charge in [-0.3, -0.25) is 4.79 Å². The third kappa shape index (κ3) is 6.42. The van der Waals surface area contributed by atoms with Crippen LogP contribution in [0.15, 0.2) is 11.6 Å². The number of allylic oxidation sites excluding steroid dienone is 1. The number of ketones is 1. The molecule has 0 aliphatic carbocycles. The Morgan fingerprint density at radius 2 is 1.73 bits per heavy atom. The van der Waals surface area contributed by atoms with Gasteiger partial charge in [0.25, 0.3) is 0 Å². The second kappa shape index (κ2) is 6.75. The molecule has 0 unspecified atom stereocenters. The van der Waals surface area contributed by atoms with Crippen LogP contribution in [0.3, 0.4) is 0 Å². The number of carbonyl (C=O) groups excluding carboxylic acids is 3. The molecule has 0 spiro atoms. The lowest BCUT2D eigenvalue weighted by molar-refractivity contribution is -0.255. The smallest absolute Gasteiger partial charge is 0.299 e. The molecule has 0 atom stereocenters. The van der Waals surface area contributed by atoms with E-state index in [4.69, 9.17) is 0 Å². The third-order valence-corrected chi connectivity index (χ3v) is 1.44. The Kier molecular flexibility index (Phi) is 6.01. The highest BCUT2D eigenvalue weighted by atomic mass is 17.2. The molecular weight excluding hydrogens is 200 g/mol. The van der Waals surface area contributed by atoms with E-state index in [1.165, 1.54) is 6.92 Å². The lowest BCUT2D eigenvalue weighted by Gasteiger charge is -2.01. The summed E-state index contributed by atoms with van der Waals surface area (Å²) in [4.78, 5) is 40.7. The Morgan fingerprint density at radius 1 is 1.13 bits per heavy atom. The van der Waals surface area contributed by atoms with Crippen LogP contribution in [0.1, 0.15) is 33.6 Å². The van der Waals surface area contributed by atoms with Gasteiger partial charge in [0.15, 0.2) is 0 Å². The van der Waals surface area contributed by atoms with Crippen LogP contribution < -0.4 is 0 Å². The van der Waals surface area contributed by atoms with Gasteiger partial charge in [-0.2, -0.15) is 0 Å². The summed E-state index contributed by atoms with van der Waals surface area (Å²) in [6.07, 6.45) is 1.92. The van der Waals surface area contributed by atoms with Crippen molar-refractivity contribution in [1.82, 2.24) is 0 Å². The normalized spacial score (nSPS) is 10.7. The van der Waals surface area contributed by atoms with Crippen LogP contribution in [0, 0.1) is 0 Å². The topological polar surface area (TPSA) is 69.7 Å². The molecular formula is C10H14O5. The minimum absolute atomic E-state index is 0.350. The highest BCUT2D eigenvalue weighted by Gasteiger charge is 2.12. The fraction of sp³-hybridized carbons (Fsp3) is 0.500. The standard InChI is InChI=1S/C10H14O5/c1-4-5-7(2)10(13)15-14-9(12)6-8(3)11/h5H,4,6H2,1-3H3. The number of rotatable bonds is 4. The first-order chi connectivity index (χ1) is 6.97. The Balaban J connectivity index is 3.96. The van der Waals surface area contributed by atoms with Gasteiger partial charge in [-0.15, -0.1) is 0 Å². The number of hydrogen-bond donors (Lipinski definition) is 0. The van der Waals surface area contributed by atoms with Crippen molar-refractivity contribution in [2.45, 2.75) is 33.6 Å². The Morgan fingerprint density at radius 3 is 2.20 bits per heavy atom. The van der Waals surface area contributed by atoms with Gasteiger partial charge in [-0.25, -0.2) is 19.4 Å². The van der Waals surface area contributed by atoms with Crippen LogP contribution in [0.4, 0.5) is 0 Å². The van der Waals surface area contributed by atoms with E-state index < -0.39 is 18.4 Å². The molecule has 84 valence electrons. The van der Waals surface area contributed by atoms with Gasteiger partial charge in [-0.1, -0.05) is 13.0 Å². The van der Waals surface area contributed by atoms with Crippen molar-refractivity contribution in [3.8, 4) is 0 Å². The van der Waals surface area contributed by atoms with Crippen molar-refractivity contribution in [1.29, 1.82) is 0 Å². The Labute approximate surface area is 88.0 Å². The molecule has 0 rings (SSSR count). The molecule has 0 heterocycles. The summed E-state index contributed by atoms with van der Waals surface area (Å²) in [5.74, 6) is -1.95. The molecule has 0 amide bonds. The van der Waals surface area contributed by atoms with E-state index in [0.29, 0.717) is 12.0 Å². The summed E-state index contributed by atoms with van der Waals surface area (Å²) >= 11 is 0. The van der Waals surface area contributed by atoms with Crippen LogP contribution in [0.2, 0.25) is 0 Å².